The van der Waals surface area contributed by atoms with Crippen molar-refractivity contribution < 1.29 is 5.11 Å². The van der Waals surface area contributed by atoms with Crippen molar-refractivity contribution in [2.24, 2.45) is 22.6 Å². The number of nitrogens with two attached hydrogens (primary N) is 1. The maximum Gasteiger partial charge on any atom is 0.191 e. The lowest BCUT2D eigenvalue weighted by molar-refractivity contribution is 0.165. The predicted octanol–water partition coefficient (Wildman–Crippen LogP) is 0.661. The first-order valence-corrected chi connectivity index (χ1v) is 5.79. The van der Waals surface area contributed by atoms with E-state index in [-0.39, 0.29) is 0 Å². The Morgan fingerprint density at radius 3 is 2.53 bits per heavy atom. The van der Waals surface area contributed by atoms with Crippen LogP contribution in [0.3, 0.4) is 0 Å². The minimum atomic E-state index is 0.302. The van der Waals surface area contributed by atoms with Crippen LogP contribution in [0.15, 0.2) is 4.99 Å². The maximum atomic E-state index is 9.01. The monoisotopic (exact) mass is 213 g/mol. The molecule has 0 bridgehead atoms. The zero-order valence-electron chi connectivity index (χ0n) is 9.82. The van der Waals surface area contributed by atoms with Gasteiger partial charge in [0.15, 0.2) is 5.96 Å². The lowest BCUT2D eigenvalue weighted by Crippen LogP contribution is -2.43. The molecule has 1 heterocycles. The molecule has 0 radical (unpaired) electrons. The molecular formula is C11H23N3O. The van der Waals surface area contributed by atoms with Crippen LogP contribution in [-0.4, -0.2) is 42.2 Å². The van der Waals surface area contributed by atoms with E-state index in [9.17, 15) is 0 Å². The summed E-state index contributed by atoms with van der Waals surface area (Å²) in [7, 11) is 0. The minimum Gasteiger partial charge on any atom is -0.396 e. The number of hydrogen-bond acceptors (Lipinski definition) is 2. The molecule has 0 aliphatic carbocycles. The molecule has 4 heteroatoms. The van der Waals surface area contributed by atoms with E-state index >= 15 is 0 Å². The average molecular weight is 213 g/mol. The van der Waals surface area contributed by atoms with E-state index in [0.29, 0.717) is 24.4 Å². The summed E-state index contributed by atoms with van der Waals surface area (Å²) in [5.41, 5.74) is 5.90. The van der Waals surface area contributed by atoms with Crippen LogP contribution < -0.4 is 5.73 Å². The summed E-state index contributed by atoms with van der Waals surface area (Å²) < 4.78 is 0. The molecule has 1 saturated heterocycles. The van der Waals surface area contributed by atoms with E-state index < -0.39 is 0 Å². The van der Waals surface area contributed by atoms with Gasteiger partial charge in [-0.1, -0.05) is 13.8 Å². The molecule has 0 aromatic heterocycles. The Bertz CT molecular complexity index is 208. The highest BCUT2D eigenvalue weighted by Gasteiger charge is 2.19. The zero-order chi connectivity index (χ0) is 11.3. The number of guanidine groups is 1. The minimum absolute atomic E-state index is 0.302. The molecule has 0 amide bonds. The fourth-order valence-corrected chi connectivity index (χ4v) is 1.72. The molecule has 1 aliphatic rings. The van der Waals surface area contributed by atoms with Crippen molar-refractivity contribution in [3.8, 4) is 0 Å². The van der Waals surface area contributed by atoms with Gasteiger partial charge in [0.2, 0.25) is 0 Å². The second kappa shape index (κ2) is 5.95. The van der Waals surface area contributed by atoms with E-state index in [1.165, 1.54) is 0 Å². The standard InChI is InChI=1S/C11H23N3O/c1-9(2)7-13-11(12)14-5-3-10(8-15)4-6-14/h9-10,15H,3-8H2,1-2H3,(H2,12,13). The van der Waals surface area contributed by atoms with Crippen LogP contribution in [0.5, 0.6) is 0 Å². The second-order valence-corrected chi connectivity index (χ2v) is 4.71. The molecule has 0 saturated carbocycles. The Kier molecular flexibility index (Phi) is 4.88. The summed E-state index contributed by atoms with van der Waals surface area (Å²) in [6.45, 7) is 7.23. The molecule has 0 aromatic carbocycles. The molecule has 4 nitrogen and oxygen atoms in total. The SMILES string of the molecule is CC(C)CN=C(N)N1CCC(CO)CC1. The van der Waals surface area contributed by atoms with Crippen molar-refractivity contribution in [2.75, 3.05) is 26.2 Å². The van der Waals surface area contributed by atoms with Crippen LogP contribution in [0.2, 0.25) is 0 Å². The van der Waals surface area contributed by atoms with Crippen molar-refractivity contribution in [1.82, 2.24) is 4.90 Å². The largest absolute Gasteiger partial charge is 0.396 e. The summed E-state index contributed by atoms with van der Waals surface area (Å²) >= 11 is 0. The second-order valence-electron chi connectivity index (χ2n) is 4.71. The number of likely N-dealkylation sites (tertiary alicyclic amines) is 1. The Hall–Kier alpha value is -0.770. The molecule has 0 atom stereocenters. The fourth-order valence-electron chi connectivity index (χ4n) is 1.72. The van der Waals surface area contributed by atoms with Gasteiger partial charge in [-0.05, 0) is 24.7 Å². The highest BCUT2D eigenvalue weighted by atomic mass is 16.3. The summed E-state index contributed by atoms with van der Waals surface area (Å²) in [4.78, 5) is 6.48. The number of aliphatic hydroxyl groups excluding tert-OH is 1. The normalized spacial score (nSPS) is 20.0. The van der Waals surface area contributed by atoms with E-state index in [1.54, 1.807) is 0 Å². The number of aliphatic imine (C=N–C) groups is 1. The van der Waals surface area contributed by atoms with Crippen LogP contribution in [0.1, 0.15) is 26.7 Å². The molecule has 15 heavy (non-hydrogen) atoms. The van der Waals surface area contributed by atoms with Gasteiger partial charge in [-0.3, -0.25) is 4.99 Å². The first-order valence-electron chi connectivity index (χ1n) is 5.79. The smallest absolute Gasteiger partial charge is 0.191 e. The number of piperidine rings is 1. The van der Waals surface area contributed by atoms with Gasteiger partial charge in [0.1, 0.15) is 0 Å². The van der Waals surface area contributed by atoms with Crippen LogP contribution >= 0.6 is 0 Å². The highest BCUT2D eigenvalue weighted by Crippen LogP contribution is 2.15. The van der Waals surface area contributed by atoms with Gasteiger partial charge in [0, 0.05) is 26.2 Å². The lowest BCUT2D eigenvalue weighted by Gasteiger charge is -2.31. The molecule has 1 fully saturated rings. The van der Waals surface area contributed by atoms with Gasteiger partial charge in [-0.15, -0.1) is 0 Å². The third-order valence-corrected chi connectivity index (χ3v) is 2.82. The van der Waals surface area contributed by atoms with Gasteiger partial charge in [0.05, 0.1) is 0 Å². The lowest BCUT2D eigenvalue weighted by atomic mass is 9.98. The summed E-state index contributed by atoms with van der Waals surface area (Å²) in [5.74, 6) is 1.68. The number of hydrogen-bond donors (Lipinski definition) is 2. The highest BCUT2D eigenvalue weighted by molar-refractivity contribution is 5.78. The molecule has 0 spiro atoms. The third-order valence-electron chi connectivity index (χ3n) is 2.82. The Morgan fingerprint density at radius 1 is 1.47 bits per heavy atom. The van der Waals surface area contributed by atoms with E-state index in [4.69, 9.17) is 10.8 Å². The number of aliphatic hydroxyl groups is 1. The number of rotatable bonds is 3. The Balaban J connectivity index is 2.35. The van der Waals surface area contributed by atoms with Gasteiger partial charge in [-0.2, -0.15) is 0 Å². The molecule has 0 unspecified atom stereocenters. The Labute approximate surface area is 92.2 Å². The van der Waals surface area contributed by atoms with Gasteiger partial charge >= 0.3 is 0 Å². The van der Waals surface area contributed by atoms with Crippen molar-refractivity contribution in [3.63, 3.8) is 0 Å². The van der Waals surface area contributed by atoms with Crippen molar-refractivity contribution in [3.05, 3.63) is 0 Å². The van der Waals surface area contributed by atoms with Gasteiger partial charge in [-0.25, -0.2) is 0 Å². The van der Waals surface area contributed by atoms with E-state index in [2.05, 4.69) is 23.7 Å². The quantitative estimate of drug-likeness (QED) is 0.535. The van der Waals surface area contributed by atoms with E-state index in [1.807, 2.05) is 0 Å². The van der Waals surface area contributed by atoms with Crippen LogP contribution in [0, 0.1) is 11.8 Å². The zero-order valence-corrected chi connectivity index (χ0v) is 9.82. The first kappa shape index (κ1) is 12.3. The van der Waals surface area contributed by atoms with Crippen LogP contribution in [0.4, 0.5) is 0 Å². The molecular weight excluding hydrogens is 190 g/mol. The molecule has 88 valence electrons. The van der Waals surface area contributed by atoms with Gasteiger partial charge in [0.25, 0.3) is 0 Å². The number of nitrogens with zero attached hydrogens (tertiary/aromatic N) is 2. The van der Waals surface area contributed by atoms with E-state index in [0.717, 1.165) is 32.5 Å². The summed E-state index contributed by atoms with van der Waals surface area (Å²) in [5, 5.41) is 9.01. The third kappa shape index (κ3) is 4.08. The van der Waals surface area contributed by atoms with Crippen molar-refractivity contribution in [2.45, 2.75) is 26.7 Å². The predicted molar refractivity (Wildman–Crippen MR) is 62.7 cm³/mol. The Morgan fingerprint density at radius 2 is 2.07 bits per heavy atom. The average Bonchev–Trinajstić information content (AvgIpc) is 2.26. The van der Waals surface area contributed by atoms with Crippen LogP contribution in [-0.2, 0) is 0 Å². The first-order chi connectivity index (χ1) is 7.13. The van der Waals surface area contributed by atoms with Crippen molar-refractivity contribution >= 4 is 5.96 Å². The molecule has 1 aliphatic heterocycles. The molecule has 0 aromatic rings. The maximum absolute atomic E-state index is 9.01. The molecule has 3 N–H and O–H groups in total. The van der Waals surface area contributed by atoms with Gasteiger partial charge < -0.3 is 15.7 Å². The van der Waals surface area contributed by atoms with Crippen LogP contribution in [0.25, 0.3) is 0 Å². The summed E-state index contributed by atoms with van der Waals surface area (Å²) in [6, 6.07) is 0. The topological polar surface area (TPSA) is 61.8 Å². The summed E-state index contributed by atoms with van der Waals surface area (Å²) in [6.07, 6.45) is 2.04. The fraction of sp³-hybridized carbons (Fsp3) is 0.909. The molecule has 1 rings (SSSR count). The van der Waals surface area contributed by atoms with Crippen molar-refractivity contribution in [1.29, 1.82) is 0 Å².